The van der Waals surface area contributed by atoms with Gasteiger partial charge in [0.2, 0.25) is 0 Å². The van der Waals surface area contributed by atoms with Gasteiger partial charge in [-0.15, -0.1) is 0 Å². The van der Waals surface area contributed by atoms with E-state index in [9.17, 15) is 27.3 Å². The van der Waals surface area contributed by atoms with Crippen LogP contribution in [0.5, 0.6) is 0 Å². The fraction of sp³-hybridized carbons (Fsp3) is 0.0833. The first-order valence-electron chi connectivity index (χ1n) is 5.50. The number of nitro groups is 1. The van der Waals surface area contributed by atoms with Crippen LogP contribution in [-0.4, -0.2) is 24.6 Å². The molecule has 0 N–H and O–H groups in total. The van der Waals surface area contributed by atoms with Gasteiger partial charge in [0, 0.05) is 24.1 Å². The highest BCUT2D eigenvalue weighted by Crippen LogP contribution is 2.33. The minimum Gasteiger partial charge on any atom is -0.258 e. The van der Waals surface area contributed by atoms with Gasteiger partial charge in [-0.2, -0.15) is 0 Å². The highest BCUT2D eigenvalue weighted by atomic mass is 32.2. The van der Waals surface area contributed by atoms with Crippen LogP contribution in [-0.2, 0) is 9.84 Å². The van der Waals surface area contributed by atoms with Crippen LogP contribution in [0.3, 0.4) is 0 Å². The molecule has 0 fully saturated rings. The summed E-state index contributed by atoms with van der Waals surface area (Å²) in [5.41, 5.74) is -1.21. The second-order valence-electron chi connectivity index (χ2n) is 4.16. The summed E-state index contributed by atoms with van der Waals surface area (Å²) in [6.45, 7) is 0. The Labute approximate surface area is 118 Å². The van der Waals surface area contributed by atoms with Crippen LogP contribution in [0.4, 0.5) is 14.5 Å². The minimum absolute atomic E-state index is 0.346. The average Bonchev–Trinajstić information content (AvgIpc) is 2.40. The summed E-state index contributed by atoms with van der Waals surface area (Å²) < 4.78 is 50.0. The van der Waals surface area contributed by atoms with E-state index in [0.29, 0.717) is 12.1 Å². The maximum absolute atomic E-state index is 13.4. The monoisotopic (exact) mass is 314 g/mol. The third-order valence-corrected chi connectivity index (χ3v) is 3.80. The number of benzene rings is 1. The Hall–Kier alpha value is -2.42. The van der Waals surface area contributed by atoms with Crippen LogP contribution in [0.25, 0.3) is 11.3 Å². The van der Waals surface area contributed by atoms with Crippen LogP contribution in [0.2, 0.25) is 0 Å². The first-order chi connectivity index (χ1) is 9.71. The van der Waals surface area contributed by atoms with Crippen molar-refractivity contribution in [2.45, 2.75) is 4.90 Å². The van der Waals surface area contributed by atoms with E-state index in [-0.39, 0.29) is 11.3 Å². The second kappa shape index (κ2) is 5.17. The molecule has 0 unspecified atom stereocenters. The summed E-state index contributed by atoms with van der Waals surface area (Å²) in [6, 6.07) is 3.44. The number of rotatable bonds is 3. The molecule has 0 aliphatic carbocycles. The van der Waals surface area contributed by atoms with Crippen LogP contribution in [0.15, 0.2) is 35.4 Å². The van der Waals surface area contributed by atoms with Gasteiger partial charge in [0.1, 0.15) is 5.69 Å². The van der Waals surface area contributed by atoms with Crippen molar-refractivity contribution in [2.24, 2.45) is 0 Å². The summed E-state index contributed by atoms with van der Waals surface area (Å²) in [5, 5.41) is 11.0. The third kappa shape index (κ3) is 2.87. The molecule has 1 aromatic carbocycles. The molecule has 0 aliphatic heterocycles. The van der Waals surface area contributed by atoms with Gasteiger partial charge in [0.15, 0.2) is 21.5 Å². The standard InChI is InChI=1S/C12H8F2N2O4S/c1-21(19,20)11-6-9(14)8(13)5-7(11)12-10(16(17)18)3-2-4-15-12/h2-6H,1H3. The summed E-state index contributed by atoms with van der Waals surface area (Å²) in [7, 11) is -3.93. The minimum atomic E-state index is -3.93. The highest BCUT2D eigenvalue weighted by molar-refractivity contribution is 7.90. The fourth-order valence-corrected chi connectivity index (χ4v) is 2.64. The molecule has 0 spiro atoms. The molecule has 1 aromatic heterocycles. The normalized spacial score (nSPS) is 11.4. The van der Waals surface area contributed by atoms with E-state index in [1.54, 1.807) is 0 Å². The third-order valence-electron chi connectivity index (χ3n) is 2.66. The van der Waals surface area contributed by atoms with Crippen LogP contribution >= 0.6 is 0 Å². The highest BCUT2D eigenvalue weighted by Gasteiger charge is 2.25. The molecule has 2 rings (SSSR count). The lowest BCUT2D eigenvalue weighted by molar-refractivity contribution is -0.384. The lowest BCUT2D eigenvalue weighted by atomic mass is 10.1. The number of nitrogens with zero attached hydrogens (tertiary/aromatic N) is 2. The fourth-order valence-electron chi connectivity index (χ4n) is 1.77. The maximum Gasteiger partial charge on any atom is 0.295 e. The second-order valence-corrected chi connectivity index (χ2v) is 6.15. The average molecular weight is 314 g/mol. The Kier molecular flexibility index (Phi) is 3.69. The Morgan fingerprint density at radius 1 is 1.24 bits per heavy atom. The SMILES string of the molecule is CS(=O)(=O)c1cc(F)c(F)cc1-c1ncccc1[N+](=O)[O-]. The Balaban J connectivity index is 2.87. The number of hydrogen-bond donors (Lipinski definition) is 0. The van der Waals surface area contributed by atoms with Crippen LogP contribution < -0.4 is 0 Å². The summed E-state index contributed by atoms with van der Waals surface area (Å²) >= 11 is 0. The predicted octanol–water partition coefficient (Wildman–Crippen LogP) is 2.34. The van der Waals surface area contributed by atoms with Gasteiger partial charge >= 0.3 is 0 Å². The predicted molar refractivity (Wildman–Crippen MR) is 69.4 cm³/mol. The van der Waals surface area contributed by atoms with E-state index < -0.39 is 37.0 Å². The van der Waals surface area contributed by atoms with E-state index in [0.717, 1.165) is 12.3 Å². The zero-order chi connectivity index (χ0) is 15.8. The molecule has 9 heteroatoms. The Morgan fingerprint density at radius 3 is 2.43 bits per heavy atom. The number of aromatic nitrogens is 1. The molecule has 6 nitrogen and oxygen atoms in total. The Bertz CT molecular complexity index is 837. The number of sulfone groups is 1. The molecule has 21 heavy (non-hydrogen) atoms. The molecular formula is C12H8F2N2O4S. The first-order valence-corrected chi connectivity index (χ1v) is 7.40. The summed E-state index contributed by atoms with van der Waals surface area (Å²) in [4.78, 5) is 13.3. The molecule has 110 valence electrons. The molecule has 0 radical (unpaired) electrons. The van der Waals surface area contributed by atoms with Gasteiger partial charge < -0.3 is 0 Å². The lowest BCUT2D eigenvalue weighted by Gasteiger charge is -2.08. The molecule has 0 atom stereocenters. The van der Waals surface area contributed by atoms with E-state index in [1.165, 1.54) is 12.3 Å². The van der Waals surface area contributed by atoms with Crippen molar-refractivity contribution >= 4 is 15.5 Å². The van der Waals surface area contributed by atoms with Crippen molar-refractivity contribution in [3.8, 4) is 11.3 Å². The quantitative estimate of drug-likeness (QED) is 0.493. The van der Waals surface area contributed by atoms with Gasteiger partial charge in [-0.1, -0.05) is 0 Å². The first kappa shape index (κ1) is 15.0. The van der Waals surface area contributed by atoms with E-state index >= 15 is 0 Å². The van der Waals surface area contributed by atoms with Crippen molar-refractivity contribution in [1.29, 1.82) is 0 Å². The van der Waals surface area contributed by atoms with Crippen molar-refractivity contribution < 1.29 is 22.1 Å². The van der Waals surface area contributed by atoms with Gasteiger partial charge in [-0.3, -0.25) is 10.1 Å². The number of halogens is 2. The smallest absolute Gasteiger partial charge is 0.258 e. The molecule has 0 aliphatic rings. The zero-order valence-corrected chi connectivity index (χ0v) is 11.4. The largest absolute Gasteiger partial charge is 0.295 e. The topological polar surface area (TPSA) is 90.2 Å². The molecule has 2 aromatic rings. The van der Waals surface area contributed by atoms with Crippen molar-refractivity contribution in [1.82, 2.24) is 4.98 Å². The maximum atomic E-state index is 13.4. The molecule has 0 amide bonds. The molecule has 0 saturated heterocycles. The molecule has 1 heterocycles. The van der Waals surface area contributed by atoms with Gasteiger partial charge in [-0.25, -0.2) is 22.2 Å². The van der Waals surface area contributed by atoms with Crippen molar-refractivity contribution in [3.05, 3.63) is 52.2 Å². The van der Waals surface area contributed by atoms with Crippen molar-refractivity contribution in [2.75, 3.05) is 6.26 Å². The molecular weight excluding hydrogens is 306 g/mol. The van der Waals surface area contributed by atoms with Gasteiger partial charge in [0.25, 0.3) is 5.69 Å². The number of pyridine rings is 1. The molecule has 0 saturated carbocycles. The van der Waals surface area contributed by atoms with E-state index in [2.05, 4.69) is 4.98 Å². The van der Waals surface area contributed by atoms with Crippen molar-refractivity contribution in [3.63, 3.8) is 0 Å². The zero-order valence-electron chi connectivity index (χ0n) is 10.6. The Morgan fingerprint density at radius 2 is 1.86 bits per heavy atom. The van der Waals surface area contributed by atoms with E-state index in [1.807, 2.05) is 0 Å². The summed E-state index contributed by atoms with van der Waals surface area (Å²) in [6.07, 6.45) is 1.98. The molecule has 0 bridgehead atoms. The van der Waals surface area contributed by atoms with Gasteiger partial charge in [0.05, 0.1) is 9.82 Å². The van der Waals surface area contributed by atoms with Crippen LogP contribution in [0.1, 0.15) is 0 Å². The summed E-state index contributed by atoms with van der Waals surface area (Å²) in [5.74, 6) is -2.69. The van der Waals surface area contributed by atoms with E-state index in [4.69, 9.17) is 0 Å². The van der Waals surface area contributed by atoms with Crippen LogP contribution in [0, 0.1) is 21.7 Å². The lowest BCUT2D eigenvalue weighted by Crippen LogP contribution is -2.04. The van der Waals surface area contributed by atoms with Gasteiger partial charge in [-0.05, 0) is 18.2 Å². The number of hydrogen-bond acceptors (Lipinski definition) is 5.